The van der Waals surface area contributed by atoms with Crippen molar-refractivity contribution in [2.75, 3.05) is 17.3 Å². The molecule has 1 N–H and O–H groups in total. The summed E-state index contributed by atoms with van der Waals surface area (Å²) in [6.07, 6.45) is 0. The second-order valence-electron chi connectivity index (χ2n) is 7.15. The van der Waals surface area contributed by atoms with Crippen LogP contribution in [-0.4, -0.2) is 38.9 Å². The Morgan fingerprint density at radius 1 is 1.16 bits per heavy atom. The van der Waals surface area contributed by atoms with Gasteiger partial charge in [0.2, 0.25) is 5.91 Å². The molecular formula is C22H23N5O3S. The van der Waals surface area contributed by atoms with Crippen molar-refractivity contribution in [3.63, 3.8) is 0 Å². The SMILES string of the molecule is CC(c1nnc(SCC(=O)NCc2ccccc2)n1C)N1C(=O)COc2ccccc21. The second kappa shape index (κ2) is 9.22. The molecule has 0 aliphatic carbocycles. The number of ether oxygens (including phenoxy) is 1. The highest BCUT2D eigenvalue weighted by Crippen LogP contribution is 2.37. The number of hydrogen-bond donors (Lipinski definition) is 1. The van der Waals surface area contributed by atoms with Gasteiger partial charge in [-0.3, -0.25) is 14.5 Å². The lowest BCUT2D eigenvalue weighted by Crippen LogP contribution is -2.41. The summed E-state index contributed by atoms with van der Waals surface area (Å²) in [5.74, 6) is 1.32. The molecule has 0 bridgehead atoms. The Balaban J connectivity index is 1.41. The third-order valence-corrected chi connectivity index (χ3v) is 6.06. The van der Waals surface area contributed by atoms with Crippen LogP contribution in [0.25, 0.3) is 0 Å². The Hall–Kier alpha value is -3.33. The summed E-state index contributed by atoms with van der Waals surface area (Å²) >= 11 is 1.31. The first kappa shape index (κ1) is 20.9. The Labute approximate surface area is 184 Å². The number of benzene rings is 2. The van der Waals surface area contributed by atoms with Gasteiger partial charge in [0.25, 0.3) is 5.91 Å². The van der Waals surface area contributed by atoms with Crippen molar-refractivity contribution < 1.29 is 14.3 Å². The minimum absolute atomic E-state index is 0.0115. The van der Waals surface area contributed by atoms with E-state index in [-0.39, 0.29) is 30.2 Å². The zero-order valence-corrected chi connectivity index (χ0v) is 18.1. The fraction of sp³-hybridized carbons (Fsp3) is 0.273. The predicted molar refractivity (Wildman–Crippen MR) is 118 cm³/mol. The highest BCUT2D eigenvalue weighted by atomic mass is 32.2. The molecule has 0 saturated carbocycles. The van der Waals surface area contributed by atoms with Crippen LogP contribution < -0.4 is 15.0 Å². The van der Waals surface area contributed by atoms with Crippen molar-refractivity contribution in [2.24, 2.45) is 7.05 Å². The molecule has 0 saturated heterocycles. The van der Waals surface area contributed by atoms with E-state index in [4.69, 9.17) is 4.74 Å². The standard InChI is InChI=1S/C22H23N5O3S/c1-15(27-17-10-6-7-11-18(17)30-13-20(27)29)21-24-25-22(26(21)2)31-14-19(28)23-12-16-8-4-3-5-9-16/h3-11,15H,12-14H2,1-2H3,(H,23,28). The number of fused-ring (bicyclic) bond motifs is 1. The first-order valence-corrected chi connectivity index (χ1v) is 10.9. The summed E-state index contributed by atoms with van der Waals surface area (Å²) in [6, 6.07) is 16.9. The second-order valence-corrected chi connectivity index (χ2v) is 8.09. The van der Waals surface area contributed by atoms with Crippen LogP contribution in [-0.2, 0) is 23.2 Å². The van der Waals surface area contributed by atoms with Gasteiger partial charge in [-0.05, 0) is 24.6 Å². The number of para-hydroxylation sites is 2. The number of thioether (sulfide) groups is 1. The number of rotatable bonds is 7. The molecule has 4 rings (SSSR count). The van der Waals surface area contributed by atoms with Gasteiger partial charge in [-0.15, -0.1) is 10.2 Å². The molecule has 8 nitrogen and oxygen atoms in total. The molecule has 1 aliphatic rings. The highest BCUT2D eigenvalue weighted by Gasteiger charge is 2.32. The fourth-order valence-electron chi connectivity index (χ4n) is 3.45. The van der Waals surface area contributed by atoms with Crippen LogP contribution in [0.15, 0.2) is 59.8 Å². The maximum atomic E-state index is 12.6. The predicted octanol–water partition coefficient (Wildman–Crippen LogP) is 2.71. The number of hydrogen-bond acceptors (Lipinski definition) is 6. The quantitative estimate of drug-likeness (QED) is 0.572. The lowest BCUT2D eigenvalue weighted by atomic mass is 10.1. The van der Waals surface area contributed by atoms with Gasteiger partial charge in [-0.1, -0.05) is 54.2 Å². The van der Waals surface area contributed by atoms with E-state index in [2.05, 4.69) is 15.5 Å². The van der Waals surface area contributed by atoms with E-state index in [1.165, 1.54) is 11.8 Å². The largest absolute Gasteiger partial charge is 0.482 e. The van der Waals surface area contributed by atoms with Crippen molar-refractivity contribution in [3.8, 4) is 5.75 Å². The Morgan fingerprint density at radius 2 is 1.90 bits per heavy atom. The van der Waals surface area contributed by atoms with Crippen molar-refractivity contribution in [1.82, 2.24) is 20.1 Å². The van der Waals surface area contributed by atoms with Crippen molar-refractivity contribution >= 4 is 29.3 Å². The summed E-state index contributed by atoms with van der Waals surface area (Å²) in [4.78, 5) is 26.5. The van der Waals surface area contributed by atoms with E-state index >= 15 is 0 Å². The molecule has 2 heterocycles. The molecule has 1 aliphatic heterocycles. The van der Waals surface area contributed by atoms with E-state index in [1.807, 2.05) is 73.1 Å². The summed E-state index contributed by atoms with van der Waals surface area (Å²) in [5, 5.41) is 12.0. The van der Waals surface area contributed by atoms with Gasteiger partial charge in [-0.25, -0.2) is 0 Å². The summed E-state index contributed by atoms with van der Waals surface area (Å²) in [5.41, 5.74) is 1.76. The molecular weight excluding hydrogens is 414 g/mol. The summed E-state index contributed by atoms with van der Waals surface area (Å²) in [6.45, 7) is 2.38. The number of carbonyl (C=O) groups is 2. The Kier molecular flexibility index (Phi) is 6.22. The van der Waals surface area contributed by atoms with E-state index in [0.29, 0.717) is 29.0 Å². The molecule has 31 heavy (non-hydrogen) atoms. The topological polar surface area (TPSA) is 89.4 Å². The average Bonchev–Trinajstić information content (AvgIpc) is 3.16. The first-order valence-electron chi connectivity index (χ1n) is 9.91. The molecule has 160 valence electrons. The van der Waals surface area contributed by atoms with Crippen molar-refractivity contribution in [1.29, 1.82) is 0 Å². The van der Waals surface area contributed by atoms with Crippen LogP contribution in [0.2, 0.25) is 0 Å². The lowest BCUT2D eigenvalue weighted by molar-refractivity contribution is -0.122. The van der Waals surface area contributed by atoms with Crippen LogP contribution in [0.3, 0.4) is 0 Å². The first-order chi connectivity index (χ1) is 15.0. The summed E-state index contributed by atoms with van der Waals surface area (Å²) in [7, 11) is 1.84. The molecule has 0 radical (unpaired) electrons. The van der Waals surface area contributed by atoms with Gasteiger partial charge in [0.15, 0.2) is 17.6 Å². The molecule has 2 aromatic carbocycles. The van der Waals surface area contributed by atoms with Crippen LogP contribution >= 0.6 is 11.8 Å². The molecule has 3 aromatic rings. The van der Waals surface area contributed by atoms with Gasteiger partial charge >= 0.3 is 0 Å². The van der Waals surface area contributed by atoms with Crippen LogP contribution in [0, 0.1) is 0 Å². The molecule has 0 spiro atoms. The zero-order chi connectivity index (χ0) is 21.8. The number of nitrogens with zero attached hydrogens (tertiary/aromatic N) is 4. The maximum Gasteiger partial charge on any atom is 0.265 e. The molecule has 1 atom stereocenters. The highest BCUT2D eigenvalue weighted by molar-refractivity contribution is 7.99. The Morgan fingerprint density at radius 3 is 2.71 bits per heavy atom. The molecule has 1 aromatic heterocycles. The van der Waals surface area contributed by atoms with Gasteiger partial charge in [0.05, 0.1) is 17.5 Å². The van der Waals surface area contributed by atoms with Gasteiger partial charge in [0.1, 0.15) is 5.75 Å². The van der Waals surface area contributed by atoms with Crippen LogP contribution in [0.5, 0.6) is 5.75 Å². The fourth-order valence-corrected chi connectivity index (χ4v) is 4.20. The van der Waals surface area contributed by atoms with Gasteiger partial charge < -0.3 is 14.6 Å². The van der Waals surface area contributed by atoms with Gasteiger partial charge in [-0.2, -0.15) is 0 Å². The third-order valence-electron chi connectivity index (χ3n) is 5.04. The van der Waals surface area contributed by atoms with E-state index in [1.54, 1.807) is 4.90 Å². The average molecular weight is 438 g/mol. The number of aromatic nitrogens is 3. The molecule has 9 heteroatoms. The minimum atomic E-state index is -0.337. The minimum Gasteiger partial charge on any atom is -0.482 e. The van der Waals surface area contributed by atoms with Crippen molar-refractivity contribution in [2.45, 2.75) is 24.7 Å². The van der Waals surface area contributed by atoms with E-state index < -0.39 is 0 Å². The smallest absolute Gasteiger partial charge is 0.265 e. The van der Waals surface area contributed by atoms with E-state index in [9.17, 15) is 9.59 Å². The van der Waals surface area contributed by atoms with Crippen LogP contribution in [0.1, 0.15) is 24.4 Å². The number of carbonyl (C=O) groups excluding carboxylic acids is 2. The third kappa shape index (κ3) is 4.56. The van der Waals surface area contributed by atoms with E-state index in [0.717, 1.165) is 5.56 Å². The molecule has 1 unspecified atom stereocenters. The molecule has 0 fully saturated rings. The molecule has 2 amide bonds. The number of anilines is 1. The maximum absolute atomic E-state index is 12.6. The normalized spacial score (nSPS) is 14.0. The number of nitrogens with one attached hydrogen (secondary N) is 1. The van der Waals surface area contributed by atoms with Crippen molar-refractivity contribution in [3.05, 3.63) is 66.0 Å². The van der Waals surface area contributed by atoms with Crippen LogP contribution in [0.4, 0.5) is 5.69 Å². The number of amides is 2. The Bertz CT molecular complexity index is 1090. The van der Waals surface area contributed by atoms with Gasteiger partial charge in [0, 0.05) is 13.6 Å². The lowest BCUT2D eigenvalue weighted by Gasteiger charge is -2.33. The zero-order valence-electron chi connectivity index (χ0n) is 17.3. The summed E-state index contributed by atoms with van der Waals surface area (Å²) < 4.78 is 7.35. The monoisotopic (exact) mass is 437 g/mol.